The summed E-state index contributed by atoms with van der Waals surface area (Å²) in [5, 5.41) is 11.0. The zero-order valence-electron chi connectivity index (χ0n) is 17.2. The third-order valence-corrected chi connectivity index (χ3v) is 7.04. The molecule has 1 unspecified atom stereocenters. The van der Waals surface area contributed by atoms with Gasteiger partial charge in [0.2, 0.25) is 0 Å². The van der Waals surface area contributed by atoms with E-state index in [1.165, 1.54) is 19.3 Å². The van der Waals surface area contributed by atoms with Crippen molar-refractivity contribution >= 4 is 12.2 Å². The van der Waals surface area contributed by atoms with Crippen LogP contribution in [-0.2, 0) is 16.6 Å². The molecule has 3 atom stereocenters. The summed E-state index contributed by atoms with van der Waals surface area (Å²) < 4.78 is 0. The predicted octanol–water partition coefficient (Wildman–Crippen LogP) is 3.55. The van der Waals surface area contributed by atoms with E-state index in [9.17, 15) is 14.7 Å². The number of amides is 1. The average Bonchev–Trinajstić information content (AvgIpc) is 2.65. The van der Waals surface area contributed by atoms with Crippen LogP contribution in [0.15, 0.2) is 12.1 Å². The Labute approximate surface area is 168 Å². The number of rotatable bonds is 9. The Morgan fingerprint density at radius 3 is 2.75 bits per heavy atom. The highest BCUT2D eigenvalue weighted by atomic mass is 16.3. The van der Waals surface area contributed by atoms with Gasteiger partial charge < -0.3 is 15.6 Å². The van der Waals surface area contributed by atoms with Crippen LogP contribution in [0, 0.1) is 5.92 Å². The molecule has 1 fully saturated rings. The second-order valence-electron chi connectivity index (χ2n) is 8.55. The summed E-state index contributed by atoms with van der Waals surface area (Å²) in [6, 6.07) is 3.97. The average molecular weight is 387 g/mol. The standard InChI is InChI=1S/C23H34N2O3/c1-3-5-6-12-25-13-10-23(11-14-26)18(7-4-2)19(25)15-16-8-9-17(22(24)28)21(27)20(16)23/h8-9,14,18-19,27H,3-7,10-13,15H2,1-2H3,(H2,24,28)/t18-,19?,23-/m0/s1. The van der Waals surface area contributed by atoms with Gasteiger partial charge in [-0.15, -0.1) is 0 Å². The molecule has 0 saturated carbocycles. The number of nitrogens with two attached hydrogens (primary N) is 1. The number of hydrogen-bond donors (Lipinski definition) is 2. The smallest absolute Gasteiger partial charge is 0.252 e. The van der Waals surface area contributed by atoms with Crippen molar-refractivity contribution in [1.82, 2.24) is 4.90 Å². The van der Waals surface area contributed by atoms with Gasteiger partial charge in [0.1, 0.15) is 12.0 Å². The highest BCUT2D eigenvalue weighted by molar-refractivity contribution is 5.96. The van der Waals surface area contributed by atoms with Gasteiger partial charge in [-0.2, -0.15) is 0 Å². The van der Waals surface area contributed by atoms with Gasteiger partial charge >= 0.3 is 0 Å². The van der Waals surface area contributed by atoms with E-state index >= 15 is 0 Å². The fraction of sp³-hybridized carbons (Fsp3) is 0.652. The lowest BCUT2D eigenvalue weighted by molar-refractivity contribution is -0.111. The molecule has 5 nitrogen and oxygen atoms in total. The summed E-state index contributed by atoms with van der Waals surface area (Å²) in [7, 11) is 0. The van der Waals surface area contributed by atoms with Crippen molar-refractivity contribution in [3.63, 3.8) is 0 Å². The van der Waals surface area contributed by atoms with Crippen LogP contribution in [0.4, 0.5) is 0 Å². The van der Waals surface area contributed by atoms with E-state index in [0.717, 1.165) is 56.2 Å². The van der Waals surface area contributed by atoms with Crippen molar-refractivity contribution in [2.75, 3.05) is 13.1 Å². The fourth-order valence-corrected chi connectivity index (χ4v) is 5.81. The molecule has 2 bridgehead atoms. The van der Waals surface area contributed by atoms with E-state index in [1.807, 2.05) is 6.07 Å². The minimum Gasteiger partial charge on any atom is -0.507 e. The molecular formula is C23H34N2O3. The van der Waals surface area contributed by atoms with Crippen molar-refractivity contribution in [1.29, 1.82) is 0 Å². The second-order valence-corrected chi connectivity index (χ2v) is 8.55. The first-order valence-corrected chi connectivity index (χ1v) is 10.8. The Balaban J connectivity index is 2.10. The van der Waals surface area contributed by atoms with E-state index < -0.39 is 11.3 Å². The zero-order chi connectivity index (χ0) is 20.3. The Bertz CT molecular complexity index is 733. The number of likely N-dealkylation sites (tertiary alicyclic amines) is 1. The molecule has 0 aromatic heterocycles. The van der Waals surface area contributed by atoms with Gasteiger partial charge in [0.05, 0.1) is 5.56 Å². The highest BCUT2D eigenvalue weighted by Crippen LogP contribution is 2.55. The molecule has 0 radical (unpaired) electrons. The van der Waals surface area contributed by atoms with Crippen LogP contribution in [-0.4, -0.2) is 41.3 Å². The molecule has 1 amide bonds. The van der Waals surface area contributed by atoms with Crippen molar-refractivity contribution in [2.24, 2.45) is 11.7 Å². The Morgan fingerprint density at radius 1 is 1.32 bits per heavy atom. The number of phenols is 1. The molecule has 5 heteroatoms. The quantitative estimate of drug-likeness (QED) is 0.502. The lowest BCUT2D eigenvalue weighted by Gasteiger charge is -2.57. The first kappa shape index (κ1) is 20.8. The van der Waals surface area contributed by atoms with Crippen LogP contribution in [0.25, 0.3) is 0 Å². The minimum atomic E-state index is -0.618. The largest absolute Gasteiger partial charge is 0.507 e. The molecule has 1 saturated heterocycles. The number of hydrogen-bond acceptors (Lipinski definition) is 4. The summed E-state index contributed by atoms with van der Waals surface area (Å²) in [6.07, 6.45) is 8.78. The lowest BCUT2D eigenvalue weighted by atomic mass is 9.54. The number of carbonyl (C=O) groups is 2. The van der Waals surface area contributed by atoms with E-state index in [1.54, 1.807) is 6.07 Å². The summed E-state index contributed by atoms with van der Waals surface area (Å²) in [5.74, 6) is -0.307. The Hall–Kier alpha value is -1.88. The normalized spacial score (nSPS) is 26.6. The molecule has 1 heterocycles. The highest BCUT2D eigenvalue weighted by Gasteiger charge is 2.53. The lowest BCUT2D eigenvalue weighted by Crippen LogP contribution is -2.60. The summed E-state index contributed by atoms with van der Waals surface area (Å²) in [4.78, 5) is 26.2. The number of primary amides is 1. The van der Waals surface area contributed by atoms with Crippen LogP contribution >= 0.6 is 0 Å². The summed E-state index contributed by atoms with van der Waals surface area (Å²) in [6.45, 7) is 6.43. The van der Waals surface area contributed by atoms with E-state index in [-0.39, 0.29) is 11.3 Å². The zero-order valence-corrected chi connectivity index (χ0v) is 17.2. The maximum absolute atomic E-state index is 11.8. The van der Waals surface area contributed by atoms with Crippen LogP contribution in [0.2, 0.25) is 0 Å². The number of aldehydes is 1. The summed E-state index contributed by atoms with van der Waals surface area (Å²) >= 11 is 0. The van der Waals surface area contributed by atoms with Crippen molar-refractivity contribution in [3.05, 3.63) is 28.8 Å². The number of aromatic hydroxyl groups is 1. The Kier molecular flexibility index (Phi) is 6.43. The third-order valence-electron chi connectivity index (χ3n) is 7.04. The first-order chi connectivity index (χ1) is 13.5. The number of piperidine rings is 1. The molecular weight excluding hydrogens is 352 g/mol. The van der Waals surface area contributed by atoms with E-state index in [2.05, 4.69) is 18.7 Å². The van der Waals surface area contributed by atoms with Gasteiger partial charge in [-0.05, 0) is 56.3 Å². The van der Waals surface area contributed by atoms with Gasteiger partial charge in [-0.25, -0.2) is 0 Å². The maximum Gasteiger partial charge on any atom is 0.252 e. The van der Waals surface area contributed by atoms with Crippen LogP contribution in [0.3, 0.4) is 0 Å². The number of benzene rings is 1. The summed E-state index contributed by atoms with van der Waals surface area (Å²) in [5.41, 5.74) is 7.16. The first-order valence-electron chi connectivity index (χ1n) is 10.8. The van der Waals surface area contributed by atoms with Crippen molar-refractivity contribution < 1.29 is 14.7 Å². The monoisotopic (exact) mass is 386 g/mol. The van der Waals surface area contributed by atoms with E-state index in [0.29, 0.717) is 18.4 Å². The van der Waals surface area contributed by atoms with Crippen LogP contribution in [0.1, 0.15) is 80.3 Å². The van der Waals surface area contributed by atoms with Crippen molar-refractivity contribution in [3.8, 4) is 5.75 Å². The number of unbranched alkanes of at least 4 members (excludes halogenated alkanes) is 2. The van der Waals surface area contributed by atoms with E-state index in [4.69, 9.17) is 5.73 Å². The minimum absolute atomic E-state index is 0.00540. The number of carbonyl (C=O) groups excluding carboxylic acids is 2. The Morgan fingerprint density at radius 2 is 2.11 bits per heavy atom. The topological polar surface area (TPSA) is 83.6 Å². The third kappa shape index (κ3) is 3.45. The molecule has 0 spiro atoms. The van der Waals surface area contributed by atoms with Gasteiger partial charge in [-0.3, -0.25) is 9.69 Å². The molecule has 1 aliphatic carbocycles. The molecule has 1 aromatic carbocycles. The van der Waals surface area contributed by atoms with Gasteiger partial charge in [0.25, 0.3) is 5.91 Å². The number of fused-ring (bicyclic) bond motifs is 4. The SMILES string of the molecule is CCCCCN1CC[C@@]2(CC=O)c3c(ccc(C(N)=O)c3O)CC1[C@@H]2CCC. The molecule has 1 aromatic rings. The second kappa shape index (κ2) is 8.64. The van der Waals surface area contributed by atoms with Crippen LogP contribution < -0.4 is 5.73 Å². The maximum atomic E-state index is 11.8. The fourth-order valence-electron chi connectivity index (χ4n) is 5.81. The molecule has 2 aliphatic rings. The van der Waals surface area contributed by atoms with Crippen molar-refractivity contribution in [2.45, 2.75) is 76.7 Å². The van der Waals surface area contributed by atoms with Gasteiger partial charge in [0, 0.05) is 23.4 Å². The van der Waals surface area contributed by atoms with Gasteiger partial charge in [0.15, 0.2) is 0 Å². The number of nitrogens with zero attached hydrogens (tertiary/aromatic N) is 1. The molecule has 3 N–H and O–H groups in total. The molecule has 3 rings (SSSR count). The molecule has 154 valence electrons. The molecule has 1 aliphatic heterocycles. The van der Waals surface area contributed by atoms with Gasteiger partial charge in [-0.1, -0.05) is 39.2 Å². The predicted molar refractivity (Wildman–Crippen MR) is 111 cm³/mol. The molecule has 28 heavy (non-hydrogen) atoms. The van der Waals surface area contributed by atoms with Crippen LogP contribution in [0.5, 0.6) is 5.75 Å².